The summed E-state index contributed by atoms with van der Waals surface area (Å²) in [7, 11) is 1.58. The Morgan fingerprint density at radius 1 is 1.35 bits per heavy atom. The first kappa shape index (κ1) is 15.2. The third-order valence-corrected chi connectivity index (χ3v) is 3.50. The second-order valence-electron chi connectivity index (χ2n) is 4.98. The van der Waals surface area contributed by atoms with E-state index in [9.17, 15) is 4.79 Å². The van der Waals surface area contributed by atoms with Gasteiger partial charge in [-0.15, -0.1) is 0 Å². The van der Waals surface area contributed by atoms with Crippen LogP contribution in [-0.2, 0) is 4.74 Å². The maximum Gasteiger partial charge on any atom is 0.271 e. The van der Waals surface area contributed by atoms with E-state index in [1.165, 1.54) is 0 Å². The minimum Gasteiger partial charge on any atom is -0.378 e. The molecule has 2 aromatic heterocycles. The van der Waals surface area contributed by atoms with E-state index in [4.69, 9.17) is 4.74 Å². The number of anilines is 2. The van der Waals surface area contributed by atoms with E-state index in [-0.39, 0.29) is 5.91 Å². The first-order valence-corrected chi connectivity index (χ1v) is 7.41. The Morgan fingerprint density at radius 3 is 2.83 bits per heavy atom. The Bertz CT molecular complexity index is 734. The smallest absolute Gasteiger partial charge is 0.271 e. The van der Waals surface area contributed by atoms with Crippen molar-refractivity contribution in [2.24, 2.45) is 5.10 Å². The van der Waals surface area contributed by atoms with E-state index >= 15 is 0 Å². The first-order valence-electron chi connectivity index (χ1n) is 7.41. The minimum absolute atomic E-state index is 0.234. The number of ether oxygens (including phenoxy) is 1. The van der Waals surface area contributed by atoms with Crippen LogP contribution < -0.4 is 15.6 Å². The van der Waals surface area contributed by atoms with Crippen LogP contribution in [0.3, 0.4) is 0 Å². The summed E-state index contributed by atoms with van der Waals surface area (Å²) in [5.41, 5.74) is 3.85. The highest BCUT2D eigenvalue weighted by atomic mass is 16.5. The second kappa shape index (κ2) is 6.61. The molecule has 2 N–H and O–H groups in total. The van der Waals surface area contributed by atoms with Gasteiger partial charge in [0.2, 0.25) is 0 Å². The Labute approximate surface area is 133 Å². The van der Waals surface area contributed by atoms with Gasteiger partial charge in [0, 0.05) is 32.5 Å². The lowest BCUT2D eigenvalue weighted by Gasteiger charge is -2.28. The topological polar surface area (TPSA) is 96.2 Å². The van der Waals surface area contributed by atoms with Crippen LogP contribution in [0.25, 0.3) is 5.65 Å². The molecule has 0 spiro atoms. The van der Waals surface area contributed by atoms with Gasteiger partial charge in [0.05, 0.1) is 19.4 Å². The number of hydrogen-bond acceptors (Lipinski definition) is 7. The highest BCUT2D eigenvalue weighted by Crippen LogP contribution is 2.22. The van der Waals surface area contributed by atoms with Crippen molar-refractivity contribution in [3.8, 4) is 0 Å². The molecule has 1 aliphatic heterocycles. The number of fused-ring (bicyclic) bond motifs is 1. The van der Waals surface area contributed by atoms with Gasteiger partial charge in [-0.05, 0) is 6.92 Å². The molecular weight excluding hydrogens is 298 g/mol. The van der Waals surface area contributed by atoms with E-state index in [1.54, 1.807) is 30.1 Å². The number of nitrogens with zero attached hydrogens (tertiary/aromatic N) is 5. The monoisotopic (exact) mass is 317 g/mol. The summed E-state index contributed by atoms with van der Waals surface area (Å²) in [5.74, 6) is 1.06. The summed E-state index contributed by atoms with van der Waals surface area (Å²) in [6.45, 7) is 4.55. The van der Waals surface area contributed by atoms with Crippen LogP contribution in [0.1, 0.15) is 17.4 Å². The van der Waals surface area contributed by atoms with Gasteiger partial charge in [-0.3, -0.25) is 14.6 Å². The summed E-state index contributed by atoms with van der Waals surface area (Å²) in [4.78, 5) is 23.0. The highest BCUT2D eigenvalue weighted by molar-refractivity contribution is 5.93. The van der Waals surface area contributed by atoms with Crippen molar-refractivity contribution in [1.29, 1.82) is 0 Å². The first-order chi connectivity index (χ1) is 11.2. The van der Waals surface area contributed by atoms with Gasteiger partial charge in [0.1, 0.15) is 5.69 Å². The zero-order valence-corrected chi connectivity index (χ0v) is 13.1. The van der Waals surface area contributed by atoms with Crippen molar-refractivity contribution in [3.05, 3.63) is 18.1 Å². The Morgan fingerprint density at radius 2 is 2.13 bits per heavy atom. The van der Waals surface area contributed by atoms with E-state index < -0.39 is 0 Å². The number of morpholine rings is 1. The molecule has 3 heterocycles. The zero-order chi connectivity index (χ0) is 16.2. The molecule has 122 valence electrons. The number of hydrogen-bond donors (Lipinski definition) is 2. The summed E-state index contributed by atoms with van der Waals surface area (Å²) in [5, 5.41) is 6.58. The molecule has 1 aliphatic rings. The van der Waals surface area contributed by atoms with Crippen molar-refractivity contribution < 1.29 is 9.53 Å². The molecular formula is C14H19N7O2. The van der Waals surface area contributed by atoms with Gasteiger partial charge in [-0.1, -0.05) is 0 Å². The Kier molecular flexibility index (Phi) is 4.38. The molecule has 0 radical (unpaired) electrons. The summed E-state index contributed by atoms with van der Waals surface area (Å²) in [6.07, 6.45) is 5.08. The maximum absolute atomic E-state index is 11.8. The number of aromatic nitrogens is 3. The lowest BCUT2D eigenvalue weighted by molar-refractivity contribution is 0.0958. The quantitative estimate of drug-likeness (QED) is 0.624. The van der Waals surface area contributed by atoms with Crippen molar-refractivity contribution >= 4 is 29.4 Å². The van der Waals surface area contributed by atoms with Crippen molar-refractivity contribution in [2.45, 2.75) is 6.92 Å². The molecule has 1 fully saturated rings. The maximum atomic E-state index is 11.8. The highest BCUT2D eigenvalue weighted by Gasteiger charge is 2.20. The Hall–Kier alpha value is -2.68. The van der Waals surface area contributed by atoms with E-state index in [2.05, 4.69) is 30.7 Å². The fraction of sp³-hybridized carbons (Fsp3) is 0.429. The molecule has 1 amide bonds. The van der Waals surface area contributed by atoms with Crippen LogP contribution >= 0.6 is 0 Å². The molecule has 9 nitrogen and oxygen atoms in total. The molecule has 1 saturated heterocycles. The molecule has 0 aromatic carbocycles. The van der Waals surface area contributed by atoms with Crippen LogP contribution in [0.2, 0.25) is 0 Å². The molecule has 0 saturated carbocycles. The number of carbonyl (C=O) groups is 1. The van der Waals surface area contributed by atoms with E-state index in [1.807, 2.05) is 6.92 Å². The fourth-order valence-electron chi connectivity index (χ4n) is 2.39. The van der Waals surface area contributed by atoms with E-state index in [0.717, 1.165) is 13.1 Å². The lowest BCUT2D eigenvalue weighted by atomic mass is 10.4. The lowest BCUT2D eigenvalue weighted by Crippen LogP contribution is -2.37. The number of nitrogens with one attached hydrogen (secondary N) is 2. The van der Waals surface area contributed by atoms with Crippen LogP contribution in [0, 0.1) is 0 Å². The molecule has 0 unspecified atom stereocenters. The van der Waals surface area contributed by atoms with Gasteiger partial charge >= 0.3 is 0 Å². The predicted molar refractivity (Wildman–Crippen MR) is 87.2 cm³/mol. The van der Waals surface area contributed by atoms with Crippen LogP contribution in [0.5, 0.6) is 0 Å². The minimum atomic E-state index is -0.234. The SMILES string of the molecule is C/C=N/Nc1cn2cc(C(=O)NC)nc2c(N2CCOCC2)n1. The van der Waals surface area contributed by atoms with Gasteiger partial charge in [-0.2, -0.15) is 5.10 Å². The van der Waals surface area contributed by atoms with Crippen LogP contribution in [0.15, 0.2) is 17.5 Å². The fourth-order valence-corrected chi connectivity index (χ4v) is 2.39. The van der Waals surface area contributed by atoms with Crippen molar-refractivity contribution in [3.63, 3.8) is 0 Å². The molecule has 2 aromatic rings. The van der Waals surface area contributed by atoms with Gasteiger partial charge in [0.25, 0.3) is 5.91 Å². The number of imidazole rings is 1. The van der Waals surface area contributed by atoms with Crippen LogP contribution in [-0.4, -0.2) is 59.8 Å². The number of carbonyl (C=O) groups excluding carboxylic acids is 1. The zero-order valence-electron chi connectivity index (χ0n) is 13.1. The molecule has 0 bridgehead atoms. The summed E-state index contributed by atoms with van der Waals surface area (Å²) < 4.78 is 7.18. The number of rotatable bonds is 4. The molecule has 9 heteroatoms. The number of amides is 1. The van der Waals surface area contributed by atoms with Crippen molar-refractivity contribution in [1.82, 2.24) is 19.7 Å². The summed E-state index contributed by atoms with van der Waals surface area (Å²) >= 11 is 0. The largest absolute Gasteiger partial charge is 0.378 e. The Balaban J connectivity index is 2.08. The normalized spacial score (nSPS) is 15.3. The van der Waals surface area contributed by atoms with Gasteiger partial charge < -0.3 is 15.0 Å². The molecule has 23 heavy (non-hydrogen) atoms. The standard InChI is InChI=1S/C14H19N7O2/c1-3-16-19-11-9-21-8-10(14(22)15-2)17-12(21)13(18-11)20-4-6-23-7-5-20/h3,8-9,19H,4-7H2,1-2H3,(H,15,22)/b16-3+. The molecule has 3 rings (SSSR count). The van der Waals surface area contributed by atoms with Gasteiger partial charge in [-0.25, -0.2) is 9.97 Å². The molecule has 0 atom stereocenters. The average molecular weight is 317 g/mol. The van der Waals surface area contributed by atoms with Crippen molar-refractivity contribution in [2.75, 3.05) is 43.7 Å². The molecule has 0 aliphatic carbocycles. The van der Waals surface area contributed by atoms with Crippen LogP contribution in [0.4, 0.5) is 11.6 Å². The van der Waals surface area contributed by atoms with Gasteiger partial charge in [0.15, 0.2) is 17.3 Å². The second-order valence-corrected chi connectivity index (χ2v) is 4.98. The number of hydrazone groups is 1. The summed E-state index contributed by atoms with van der Waals surface area (Å²) in [6, 6.07) is 0. The predicted octanol–water partition coefficient (Wildman–Crippen LogP) is 0.343. The van der Waals surface area contributed by atoms with E-state index in [0.29, 0.717) is 36.2 Å². The third-order valence-electron chi connectivity index (χ3n) is 3.50. The average Bonchev–Trinajstić information content (AvgIpc) is 3.03. The third kappa shape index (κ3) is 3.09.